The number of aryl methyl sites for hydroxylation is 1. The zero-order valence-electron chi connectivity index (χ0n) is 11.2. The molecule has 0 spiro atoms. The molecule has 3 rings (SSSR count). The molecule has 0 unspecified atom stereocenters. The maximum atomic E-state index is 10.2. The van der Waals surface area contributed by atoms with Gasteiger partial charge in [0, 0.05) is 34.8 Å². The van der Waals surface area contributed by atoms with Crippen LogP contribution in [-0.2, 0) is 0 Å². The van der Waals surface area contributed by atoms with E-state index in [0.717, 1.165) is 28.0 Å². The second kappa shape index (κ2) is 4.81. The van der Waals surface area contributed by atoms with Gasteiger partial charge in [-0.3, -0.25) is 9.98 Å². The first-order chi connectivity index (χ1) is 9.68. The topological polar surface area (TPSA) is 71.5 Å². The van der Waals surface area contributed by atoms with Gasteiger partial charge in [-0.2, -0.15) is 0 Å². The van der Waals surface area contributed by atoms with Crippen LogP contribution in [0.5, 0.6) is 5.75 Å². The molecule has 1 aliphatic heterocycles. The van der Waals surface area contributed by atoms with Gasteiger partial charge in [0.2, 0.25) is 0 Å². The lowest BCUT2D eigenvalue weighted by atomic mass is 9.94. The fourth-order valence-electron chi connectivity index (χ4n) is 2.44. The molecule has 0 fully saturated rings. The fraction of sp³-hybridized carbons (Fsp3) is 0.125. The number of aromatic nitrogens is 1. The van der Waals surface area contributed by atoms with Crippen molar-refractivity contribution in [2.75, 3.05) is 6.54 Å². The molecule has 2 heterocycles. The van der Waals surface area contributed by atoms with Crippen molar-refractivity contribution in [3.8, 4) is 5.75 Å². The van der Waals surface area contributed by atoms with Crippen LogP contribution in [0.25, 0.3) is 5.70 Å². The van der Waals surface area contributed by atoms with Crippen molar-refractivity contribution in [2.24, 2.45) is 10.7 Å². The number of nitrogens with zero attached hydrogens (tertiary/aromatic N) is 2. The molecule has 1 aromatic heterocycles. The number of hydrogen-bond acceptors (Lipinski definition) is 4. The van der Waals surface area contributed by atoms with E-state index in [1.54, 1.807) is 18.5 Å². The molecule has 3 N–H and O–H groups in total. The summed E-state index contributed by atoms with van der Waals surface area (Å²) in [5.74, 6) is 0.229. The van der Waals surface area contributed by atoms with Crippen molar-refractivity contribution in [3.05, 3.63) is 65.0 Å². The van der Waals surface area contributed by atoms with Crippen LogP contribution in [0.15, 0.2) is 47.7 Å². The number of rotatable bonds is 1. The van der Waals surface area contributed by atoms with Crippen molar-refractivity contribution in [2.45, 2.75) is 6.92 Å². The van der Waals surface area contributed by atoms with Crippen molar-refractivity contribution in [1.82, 2.24) is 4.98 Å². The number of pyridine rings is 1. The highest BCUT2D eigenvalue weighted by Crippen LogP contribution is 2.28. The van der Waals surface area contributed by atoms with Gasteiger partial charge in [-0.25, -0.2) is 0 Å². The van der Waals surface area contributed by atoms with Crippen molar-refractivity contribution < 1.29 is 5.11 Å². The van der Waals surface area contributed by atoms with E-state index in [0.29, 0.717) is 12.2 Å². The molecule has 2 aromatic rings. The van der Waals surface area contributed by atoms with Gasteiger partial charge in [0.1, 0.15) is 5.75 Å². The molecule has 100 valence electrons. The first-order valence-electron chi connectivity index (χ1n) is 6.42. The van der Waals surface area contributed by atoms with Gasteiger partial charge in [0.05, 0.1) is 12.3 Å². The number of nitrogens with two attached hydrogens (primary N) is 1. The molecule has 0 radical (unpaired) electrons. The molecule has 0 saturated carbocycles. The summed E-state index contributed by atoms with van der Waals surface area (Å²) in [5.41, 5.74) is 11.0. The number of phenolic OH excluding ortho intramolecular Hbond substituents is 1. The Morgan fingerprint density at radius 1 is 1.20 bits per heavy atom. The second-order valence-corrected chi connectivity index (χ2v) is 4.74. The lowest BCUT2D eigenvalue weighted by Gasteiger charge is -2.13. The minimum absolute atomic E-state index is 0.229. The largest absolute Gasteiger partial charge is 0.507 e. The van der Waals surface area contributed by atoms with Crippen LogP contribution in [0, 0.1) is 6.92 Å². The Morgan fingerprint density at radius 3 is 2.85 bits per heavy atom. The third-order valence-electron chi connectivity index (χ3n) is 3.44. The molecule has 1 aromatic carbocycles. The Morgan fingerprint density at radius 2 is 2.05 bits per heavy atom. The molecule has 4 heteroatoms. The summed E-state index contributed by atoms with van der Waals surface area (Å²) < 4.78 is 0. The van der Waals surface area contributed by atoms with E-state index in [4.69, 9.17) is 5.73 Å². The van der Waals surface area contributed by atoms with E-state index in [9.17, 15) is 5.11 Å². The van der Waals surface area contributed by atoms with Gasteiger partial charge in [0.25, 0.3) is 0 Å². The summed E-state index contributed by atoms with van der Waals surface area (Å²) in [6.07, 6.45) is 5.31. The monoisotopic (exact) mass is 265 g/mol. The summed E-state index contributed by atoms with van der Waals surface area (Å²) in [5, 5.41) is 10.2. The Balaban J connectivity index is 2.26. The van der Waals surface area contributed by atoms with Crippen molar-refractivity contribution in [1.29, 1.82) is 0 Å². The summed E-state index contributed by atoms with van der Waals surface area (Å²) in [4.78, 5) is 8.70. The quantitative estimate of drug-likeness (QED) is 0.830. The Bertz CT molecular complexity index is 712. The number of aromatic hydroxyl groups is 1. The van der Waals surface area contributed by atoms with Gasteiger partial charge in [-0.15, -0.1) is 0 Å². The minimum Gasteiger partial charge on any atom is -0.507 e. The molecule has 0 saturated heterocycles. The fourth-order valence-corrected chi connectivity index (χ4v) is 2.44. The van der Waals surface area contributed by atoms with Crippen LogP contribution in [0.1, 0.15) is 22.3 Å². The van der Waals surface area contributed by atoms with E-state index >= 15 is 0 Å². The smallest absolute Gasteiger partial charge is 0.125 e. The number of phenols is 1. The average Bonchev–Trinajstić information content (AvgIpc) is 2.60. The van der Waals surface area contributed by atoms with Crippen LogP contribution >= 0.6 is 0 Å². The SMILES string of the molecule is Cc1cccc(O)c1C1=NCC=C(N)c2cnccc21. The predicted octanol–water partition coefficient (Wildman–Crippen LogP) is 2.25. The van der Waals surface area contributed by atoms with Gasteiger partial charge in [-0.05, 0) is 30.7 Å². The van der Waals surface area contributed by atoms with Crippen LogP contribution in [0.3, 0.4) is 0 Å². The van der Waals surface area contributed by atoms with E-state index < -0.39 is 0 Å². The number of fused-ring (bicyclic) bond motifs is 1. The van der Waals surface area contributed by atoms with E-state index in [1.807, 2.05) is 31.2 Å². The molecule has 0 aliphatic carbocycles. The highest BCUT2D eigenvalue weighted by atomic mass is 16.3. The summed E-state index contributed by atoms with van der Waals surface area (Å²) in [6.45, 7) is 2.45. The van der Waals surface area contributed by atoms with Crippen LogP contribution in [-0.4, -0.2) is 22.3 Å². The number of hydrogen-bond donors (Lipinski definition) is 2. The van der Waals surface area contributed by atoms with E-state index in [2.05, 4.69) is 9.98 Å². The third kappa shape index (κ3) is 1.95. The van der Waals surface area contributed by atoms with Gasteiger partial charge >= 0.3 is 0 Å². The highest BCUT2D eigenvalue weighted by molar-refractivity contribution is 6.17. The summed E-state index contributed by atoms with van der Waals surface area (Å²) in [6, 6.07) is 7.34. The standard InChI is InChI=1S/C16H15N3O/c1-10-3-2-4-14(20)15(10)16-11-5-7-18-9-12(11)13(17)6-8-19-16/h2-7,9,20H,8,17H2,1H3. The Labute approximate surface area is 117 Å². The highest BCUT2D eigenvalue weighted by Gasteiger charge is 2.19. The van der Waals surface area contributed by atoms with E-state index in [1.165, 1.54) is 0 Å². The molecular weight excluding hydrogens is 250 g/mol. The molecule has 0 amide bonds. The predicted molar refractivity (Wildman–Crippen MR) is 79.8 cm³/mol. The van der Waals surface area contributed by atoms with Crippen LogP contribution < -0.4 is 5.73 Å². The van der Waals surface area contributed by atoms with Gasteiger partial charge < -0.3 is 10.8 Å². The minimum atomic E-state index is 0.229. The molecule has 0 bridgehead atoms. The molecule has 1 aliphatic rings. The number of aliphatic imine (C=N–C) groups is 1. The average molecular weight is 265 g/mol. The summed E-state index contributed by atoms with van der Waals surface area (Å²) in [7, 11) is 0. The lowest BCUT2D eigenvalue weighted by Crippen LogP contribution is -2.10. The normalized spacial score (nSPS) is 14.1. The number of benzene rings is 1. The zero-order valence-corrected chi connectivity index (χ0v) is 11.2. The molecular formula is C16H15N3O. The van der Waals surface area contributed by atoms with E-state index in [-0.39, 0.29) is 5.75 Å². The first-order valence-corrected chi connectivity index (χ1v) is 6.42. The van der Waals surface area contributed by atoms with Crippen LogP contribution in [0.2, 0.25) is 0 Å². The maximum absolute atomic E-state index is 10.2. The molecule has 0 atom stereocenters. The van der Waals surface area contributed by atoms with Gasteiger partial charge in [-0.1, -0.05) is 12.1 Å². The molecule has 4 nitrogen and oxygen atoms in total. The first kappa shape index (κ1) is 12.4. The lowest BCUT2D eigenvalue weighted by molar-refractivity contribution is 0.473. The Hall–Kier alpha value is -2.62. The van der Waals surface area contributed by atoms with Crippen LogP contribution in [0.4, 0.5) is 0 Å². The Kier molecular flexibility index (Phi) is 2.99. The zero-order chi connectivity index (χ0) is 14.1. The van der Waals surface area contributed by atoms with Crippen molar-refractivity contribution in [3.63, 3.8) is 0 Å². The van der Waals surface area contributed by atoms with Crippen molar-refractivity contribution >= 4 is 11.4 Å². The summed E-state index contributed by atoms with van der Waals surface area (Å²) >= 11 is 0. The third-order valence-corrected chi connectivity index (χ3v) is 3.44. The second-order valence-electron chi connectivity index (χ2n) is 4.74. The van der Waals surface area contributed by atoms with Gasteiger partial charge in [0.15, 0.2) is 0 Å². The maximum Gasteiger partial charge on any atom is 0.125 e. The molecule has 20 heavy (non-hydrogen) atoms.